The van der Waals surface area contributed by atoms with Crippen LogP contribution < -0.4 is 0 Å². The van der Waals surface area contributed by atoms with E-state index in [1.54, 1.807) is 0 Å². The summed E-state index contributed by atoms with van der Waals surface area (Å²) in [6, 6.07) is -0.168. The normalized spacial score (nSPS) is 15.8. The lowest BCUT2D eigenvalue weighted by atomic mass is 8.97. The number of hydrogen-bond acceptors (Lipinski definition) is 4. The van der Waals surface area contributed by atoms with Gasteiger partial charge in [0.1, 0.15) is 13.5 Å². The maximum atomic E-state index is 11.6. The summed E-state index contributed by atoms with van der Waals surface area (Å²) < 4.78 is 9.71. The van der Waals surface area contributed by atoms with Crippen molar-refractivity contribution >= 4 is 42.7 Å². The largest absolute Gasteiger partial charge is 0.389 e. The minimum Gasteiger partial charge on any atom is -0.389 e. The number of aliphatic hydroxyl groups is 1. The molecule has 0 aliphatic carbocycles. The minimum absolute atomic E-state index is 0.168. The van der Waals surface area contributed by atoms with E-state index in [0.29, 0.717) is 13.1 Å². The van der Waals surface area contributed by atoms with E-state index < -0.39 is 12.5 Å². The highest BCUT2D eigenvalue weighted by molar-refractivity contribution is 7.60. The maximum absolute atomic E-state index is 11.6. The second-order valence-corrected chi connectivity index (χ2v) is 3.99. The van der Waals surface area contributed by atoms with Crippen LogP contribution in [0.4, 0.5) is 4.79 Å². The van der Waals surface area contributed by atoms with E-state index >= 15 is 0 Å². The highest BCUT2D eigenvalue weighted by Gasteiger charge is 2.30. The van der Waals surface area contributed by atoms with Crippen LogP contribution in [0.1, 0.15) is 0 Å². The van der Waals surface area contributed by atoms with E-state index in [-0.39, 0.29) is 19.5 Å². The molecule has 7 radical (unpaired) electrons. The molecule has 1 heterocycles. The molecule has 97 valence electrons. The Kier molecular flexibility index (Phi) is 10.0. The average molecular weight is 258 g/mol. The third-order valence-electron chi connectivity index (χ3n) is 2.20. The van der Waals surface area contributed by atoms with Gasteiger partial charge in [-0.05, 0) is 0 Å². The average Bonchev–Trinajstić information content (AvgIpc) is 2.36. The molecular formula is C8H16B5N2O4. The van der Waals surface area contributed by atoms with Gasteiger partial charge in [-0.2, -0.15) is 0 Å². The fourth-order valence-corrected chi connectivity index (χ4v) is 1.45. The number of rotatable bonds is 5. The maximum Gasteiger partial charge on any atom is 0.323 e. The standard InChI is InChI=1S/C8H16N2O4.B5/c1-13-5-9-3-7(11)4-10(6-14-2)8(9)12;1-4-5(2)3/h7,11H,3-6H2,1-2H3;. The number of amides is 2. The summed E-state index contributed by atoms with van der Waals surface area (Å²) in [4.78, 5) is 14.5. The Morgan fingerprint density at radius 3 is 1.95 bits per heavy atom. The molecule has 1 N–H and O–H groups in total. The molecule has 1 rings (SSSR count). The molecule has 0 unspecified atom stereocenters. The predicted molar refractivity (Wildman–Crippen MR) is 77.3 cm³/mol. The molecular weight excluding hydrogens is 242 g/mol. The van der Waals surface area contributed by atoms with Gasteiger partial charge in [0.15, 0.2) is 0 Å². The monoisotopic (exact) mass is 259 g/mol. The first-order valence-corrected chi connectivity index (χ1v) is 5.72. The van der Waals surface area contributed by atoms with Gasteiger partial charge in [-0.15, -0.1) is 0 Å². The van der Waals surface area contributed by atoms with Crippen molar-refractivity contribution in [3.05, 3.63) is 0 Å². The van der Waals surface area contributed by atoms with Crippen LogP contribution >= 0.6 is 0 Å². The van der Waals surface area contributed by atoms with Crippen molar-refractivity contribution in [3.63, 3.8) is 0 Å². The van der Waals surface area contributed by atoms with Crippen molar-refractivity contribution in [1.82, 2.24) is 9.80 Å². The highest BCUT2D eigenvalue weighted by Crippen LogP contribution is 2.09. The van der Waals surface area contributed by atoms with E-state index in [2.05, 4.69) is 0 Å². The van der Waals surface area contributed by atoms with Crippen molar-refractivity contribution in [2.45, 2.75) is 6.10 Å². The number of nitrogens with zero attached hydrogens (tertiary/aromatic N) is 2. The fourth-order valence-electron chi connectivity index (χ4n) is 1.45. The van der Waals surface area contributed by atoms with Gasteiger partial charge >= 0.3 is 6.03 Å². The van der Waals surface area contributed by atoms with Crippen LogP contribution in [-0.2, 0) is 9.47 Å². The summed E-state index contributed by atoms with van der Waals surface area (Å²) in [7, 11) is 18.8. The van der Waals surface area contributed by atoms with Crippen LogP contribution in [0.3, 0.4) is 0 Å². The van der Waals surface area contributed by atoms with Crippen LogP contribution in [0.25, 0.3) is 0 Å². The van der Waals surface area contributed by atoms with Gasteiger partial charge in [-0.3, -0.25) is 9.80 Å². The van der Waals surface area contributed by atoms with Gasteiger partial charge < -0.3 is 14.6 Å². The lowest BCUT2D eigenvalue weighted by molar-refractivity contribution is -0.0272. The van der Waals surface area contributed by atoms with Crippen LogP contribution in [0.15, 0.2) is 0 Å². The van der Waals surface area contributed by atoms with Gasteiger partial charge in [-0.1, -0.05) is 0 Å². The first-order chi connectivity index (χ1) is 8.96. The Bertz CT molecular complexity index is 243. The molecule has 0 bridgehead atoms. The van der Waals surface area contributed by atoms with Crippen molar-refractivity contribution in [3.8, 4) is 0 Å². The molecule has 11 heteroatoms. The second-order valence-electron chi connectivity index (χ2n) is 3.99. The Hall–Kier alpha value is -0.525. The van der Waals surface area contributed by atoms with Gasteiger partial charge in [-0.25, -0.2) is 4.79 Å². The number of carbonyl (C=O) groups is 1. The second kappa shape index (κ2) is 10.3. The first-order valence-electron chi connectivity index (χ1n) is 5.72. The van der Waals surface area contributed by atoms with E-state index in [1.165, 1.54) is 31.1 Å². The van der Waals surface area contributed by atoms with E-state index in [4.69, 9.17) is 32.7 Å². The van der Waals surface area contributed by atoms with Crippen molar-refractivity contribution in [1.29, 1.82) is 0 Å². The van der Waals surface area contributed by atoms with Crippen LogP contribution in [0.5, 0.6) is 0 Å². The lowest BCUT2D eigenvalue weighted by Gasteiger charge is -2.37. The molecule has 19 heavy (non-hydrogen) atoms. The third kappa shape index (κ3) is 7.59. The molecule has 1 saturated heterocycles. The topological polar surface area (TPSA) is 62.2 Å². The lowest BCUT2D eigenvalue weighted by Crippen LogP contribution is -2.56. The molecule has 1 fully saturated rings. The number of aliphatic hydroxyl groups excluding tert-OH is 1. The van der Waals surface area contributed by atoms with Crippen LogP contribution in [0, 0.1) is 0 Å². The Morgan fingerprint density at radius 1 is 1.32 bits per heavy atom. The fraction of sp³-hybridized carbons (Fsp3) is 0.875. The zero-order valence-corrected chi connectivity index (χ0v) is 11.4. The molecule has 2 amide bonds. The summed E-state index contributed by atoms with van der Waals surface area (Å²) in [5, 5.41) is 9.47. The quantitative estimate of drug-likeness (QED) is 0.549. The summed E-state index contributed by atoms with van der Waals surface area (Å²) in [5.74, 6) is 0. The zero-order valence-electron chi connectivity index (χ0n) is 11.4. The molecule has 0 atom stereocenters. The van der Waals surface area contributed by atoms with Crippen LogP contribution in [-0.4, -0.2) is 104 Å². The van der Waals surface area contributed by atoms with Gasteiger partial charge in [0.25, 0.3) is 0 Å². The minimum atomic E-state index is -0.544. The van der Waals surface area contributed by atoms with Crippen LogP contribution in [0.2, 0.25) is 0 Å². The predicted octanol–water partition coefficient (Wildman–Crippen LogP) is -2.61. The molecule has 0 aromatic carbocycles. The van der Waals surface area contributed by atoms with Gasteiger partial charge in [0.2, 0.25) is 0 Å². The Balaban J connectivity index is 0.000000555. The Labute approximate surface area is 119 Å². The van der Waals surface area contributed by atoms with E-state index in [1.807, 2.05) is 0 Å². The first kappa shape index (κ1) is 18.5. The van der Waals surface area contributed by atoms with Gasteiger partial charge in [0, 0.05) is 50.9 Å². The number of β-amino-alcohol motifs (C(OH)–C–C–N with tert-alkyl or cyclic N) is 1. The molecule has 0 spiro atoms. The SMILES string of the molecule is COCN1CC(O)CN(COC)C1=O.[B][B]B([B])[B]. The summed E-state index contributed by atoms with van der Waals surface area (Å²) in [6.45, 7) is 1.01. The van der Waals surface area contributed by atoms with Crippen molar-refractivity contribution in [2.24, 2.45) is 0 Å². The number of carbonyl (C=O) groups excluding carboxylic acids is 1. The molecule has 0 aromatic heterocycles. The van der Waals surface area contributed by atoms with E-state index in [9.17, 15) is 9.90 Å². The number of ether oxygens (including phenoxy) is 2. The number of methoxy groups -OCH3 is 2. The summed E-state index contributed by atoms with van der Waals surface area (Å²) in [6.07, 6.45) is -1.01. The number of hydrogen-bond donors (Lipinski definition) is 1. The van der Waals surface area contributed by atoms with E-state index in [0.717, 1.165) is 0 Å². The number of urea groups is 1. The molecule has 0 saturated carbocycles. The highest BCUT2D eigenvalue weighted by atomic mass is 16.5. The Morgan fingerprint density at radius 2 is 1.68 bits per heavy atom. The summed E-state index contributed by atoms with van der Waals surface area (Å²) in [5.41, 5.74) is 0. The smallest absolute Gasteiger partial charge is 0.323 e. The molecule has 1 aliphatic rings. The summed E-state index contributed by atoms with van der Waals surface area (Å²) >= 11 is 0. The molecule has 0 aromatic rings. The zero-order chi connectivity index (χ0) is 14.8. The van der Waals surface area contributed by atoms with Crippen molar-refractivity contribution < 1.29 is 19.4 Å². The third-order valence-corrected chi connectivity index (χ3v) is 2.20. The van der Waals surface area contributed by atoms with Gasteiger partial charge in [0.05, 0.1) is 19.2 Å². The molecule has 1 aliphatic heterocycles. The van der Waals surface area contributed by atoms with Crippen molar-refractivity contribution in [2.75, 3.05) is 40.8 Å². The molecule has 6 nitrogen and oxygen atoms in total.